The van der Waals surface area contributed by atoms with Gasteiger partial charge in [-0.3, -0.25) is 8.37 Å². The maximum absolute atomic E-state index is 11.3. The molecule has 0 aromatic rings. The zero-order chi connectivity index (χ0) is 15.6. The molecule has 2 bridgehead atoms. The van der Waals surface area contributed by atoms with Gasteiger partial charge in [-0.15, -0.1) is 0 Å². The fourth-order valence-corrected chi connectivity index (χ4v) is 7.95. The average molecular weight is 348 g/mol. The van der Waals surface area contributed by atoms with Crippen molar-refractivity contribution in [2.24, 2.45) is 59.2 Å². The van der Waals surface area contributed by atoms with Crippen LogP contribution in [0, 0.1) is 59.2 Å². The Kier molecular flexibility index (Phi) is 2.51. The van der Waals surface area contributed by atoms with Crippen LogP contribution in [-0.4, -0.2) is 42.6 Å². The number of rotatable bonds is 6. The smallest absolute Gasteiger partial charge is 0.264 e. The van der Waals surface area contributed by atoms with E-state index in [0.29, 0.717) is 11.8 Å². The molecule has 0 radical (unpaired) electrons. The molecule has 0 aromatic heterocycles. The lowest BCUT2D eigenvalue weighted by Gasteiger charge is -2.95. The third kappa shape index (κ3) is 1.53. The second kappa shape index (κ2) is 3.90. The molecule has 0 saturated heterocycles. The zero-order valence-corrected chi connectivity index (χ0v) is 14.1. The van der Waals surface area contributed by atoms with Crippen molar-refractivity contribution in [1.29, 1.82) is 0 Å². The zero-order valence-electron chi connectivity index (χ0n) is 12.5. The van der Waals surface area contributed by atoms with Crippen LogP contribution < -0.4 is 0 Å². The number of hydrogen-bond donors (Lipinski definition) is 0. The second-order valence-corrected chi connectivity index (χ2v) is 11.2. The van der Waals surface area contributed by atoms with Crippen LogP contribution in [0.5, 0.6) is 0 Å². The topological polar surface area (TPSA) is 86.7 Å². The Morgan fingerprint density at radius 1 is 0.591 bits per heavy atom. The predicted octanol–water partition coefficient (Wildman–Crippen LogP) is 0.169. The van der Waals surface area contributed by atoms with Gasteiger partial charge in [-0.1, -0.05) is 0 Å². The van der Waals surface area contributed by atoms with Crippen molar-refractivity contribution in [3.8, 4) is 0 Å². The van der Waals surface area contributed by atoms with E-state index in [9.17, 15) is 16.8 Å². The van der Waals surface area contributed by atoms with Crippen molar-refractivity contribution in [1.82, 2.24) is 0 Å². The van der Waals surface area contributed by atoms with Gasteiger partial charge in [0.15, 0.2) is 0 Å². The Morgan fingerprint density at radius 3 is 1.14 bits per heavy atom. The summed E-state index contributed by atoms with van der Waals surface area (Å²) in [5.74, 6) is 6.14. The van der Waals surface area contributed by atoms with Crippen molar-refractivity contribution in [3.05, 3.63) is 0 Å². The van der Waals surface area contributed by atoms with Gasteiger partial charge in [0.25, 0.3) is 20.2 Å². The molecule has 6 rings (SSSR count). The number of hydrogen-bond acceptors (Lipinski definition) is 6. The minimum Gasteiger partial charge on any atom is -0.270 e. The van der Waals surface area contributed by atoms with Gasteiger partial charge in [-0.05, 0) is 59.2 Å². The first-order chi connectivity index (χ1) is 10.2. The van der Waals surface area contributed by atoms with Crippen molar-refractivity contribution in [2.75, 3.05) is 25.7 Å². The van der Waals surface area contributed by atoms with E-state index in [1.165, 1.54) is 0 Å². The Balaban J connectivity index is 1.38. The Morgan fingerprint density at radius 2 is 0.864 bits per heavy atom. The van der Waals surface area contributed by atoms with Crippen molar-refractivity contribution >= 4 is 20.2 Å². The fourth-order valence-electron chi connectivity index (χ4n) is 7.14. The standard InChI is InChI=1S/C14H20O6S2/c1-21(15,16)19-3-5-6(4-20-22(2,17)18)8-11-9-7(5)10-12(8)14(11)13(9)10/h5-14H,3-4H2,1-2H3/t5-,6+,7?,8?,9-,10+,11+,12-,13?,14?. The molecule has 6 fully saturated rings. The third-order valence-corrected chi connectivity index (χ3v) is 8.51. The maximum atomic E-state index is 11.3. The van der Waals surface area contributed by atoms with Crippen LogP contribution in [0.1, 0.15) is 0 Å². The quantitative estimate of drug-likeness (QED) is 0.636. The van der Waals surface area contributed by atoms with E-state index >= 15 is 0 Å². The molecular weight excluding hydrogens is 328 g/mol. The predicted molar refractivity (Wildman–Crippen MR) is 76.5 cm³/mol. The monoisotopic (exact) mass is 348 g/mol. The molecule has 4 unspecified atom stereocenters. The van der Waals surface area contributed by atoms with Gasteiger partial charge in [0.2, 0.25) is 0 Å². The first-order valence-electron chi connectivity index (χ1n) is 7.88. The molecule has 6 aliphatic carbocycles. The second-order valence-electron chi connectivity index (χ2n) is 7.92. The first kappa shape index (κ1) is 14.2. The van der Waals surface area contributed by atoms with Crippen molar-refractivity contribution in [3.63, 3.8) is 0 Å². The molecule has 10 atom stereocenters. The van der Waals surface area contributed by atoms with E-state index in [4.69, 9.17) is 8.37 Å². The van der Waals surface area contributed by atoms with E-state index in [-0.39, 0.29) is 25.0 Å². The van der Waals surface area contributed by atoms with Crippen molar-refractivity contribution in [2.45, 2.75) is 0 Å². The highest BCUT2D eigenvalue weighted by atomic mass is 32.2. The molecule has 0 aromatic carbocycles. The van der Waals surface area contributed by atoms with Crippen LogP contribution in [0.2, 0.25) is 0 Å². The molecule has 0 aliphatic heterocycles. The van der Waals surface area contributed by atoms with Crippen LogP contribution in [0.4, 0.5) is 0 Å². The summed E-state index contributed by atoms with van der Waals surface area (Å²) in [5, 5.41) is 0. The van der Waals surface area contributed by atoms with Gasteiger partial charge in [0.1, 0.15) is 0 Å². The average Bonchev–Trinajstić information content (AvgIpc) is 2.33. The molecule has 6 aliphatic rings. The van der Waals surface area contributed by atoms with Crippen LogP contribution in [-0.2, 0) is 28.6 Å². The minimum absolute atomic E-state index is 0.126. The van der Waals surface area contributed by atoms with Gasteiger partial charge >= 0.3 is 0 Å². The van der Waals surface area contributed by atoms with E-state index < -0.39 is 20.2 Å². The van der Waals surface area contributed by atoms with Gasteiger partial charge in [-0.25, -0.2) is 0 Å². The van der Waals surface area contributed by atoms with E-state index in [1.807, 2.05) is 0 Å². The molecule has 0 spiro atoms. The molecule has 0 heterocycles. The summed E-state index contributed by atoms with van der Waals surface area (Å²) in [6.07, 6.45) is 2.14. The summed E-state index contributed by atoms with van der Waals surface area (Å²) in [5.41, 5.74) is 0. The van der Waals surface area contributed by atoms with Gasteiger partial charge in [0, 0.05) is 0 Å². The maximum Gasteiger partial charge on any atom is 0.264 e. The van der Waals surface area contributed by atoms with Crippen LogP contribution in [0.3, 0.4) is 0 Å². The molecule has 6 saturated carbocycles. The highest BCUT2D eigenvalue weighted by Crippen LogP contribution is 2.93. The summed E-state index contributed by atoms with van der Waals surface area (Å²) >= 11 is 0. The Labute approximate surface area is 130 Å². The minimum atomic E-state index is -3.47. The molecule has 0 N–H and O–H groups in total. The Bertz CT molecular complexity index is 659. The largest absolute Gasteiger partial charge is 0.270 e. The van der Waals surface area contributed by atoms with E-state index in [0.717, 1.165) is 48.0 Å². The Hall–Kier alpha value is -0.180. The lowest BCUT2D eigenvalue weighted by Crippen LogP contribution is -2.92. The molecule has 8 heteroatoms. The normalized spacial score (nSPS) is 56.3. The SMILES string of the molecule is CS(=O)(=O)OC[C@@H]1C2[C@H]3C4C5[C@H](C([C@H]53)[C@@H]1COS(C)(=O)=O)[C@@H]42. The lowest BCUT2D eigenvalue weighted by molar-refractivity contribution is -0.487. The molecular formula is C14H20O6S2. The highest BCUT2D eigenvalue weighted by molar-refractivity contribution is 7.86. The summed E-state index contributed by atoms with van der Waals surface area (Å²) in [7, 11) is -6.93. The summed E-state index contributed by atoms with van der Waals surface area (Å²) < 4.78 is 55.5. The van der Waals surface area contributed by atoms with Gasteiger partial charge in [-0.2, -0.15) is 16.8 Å². The lowest BCUT2D eigenvalue weighted by atomic mass is 9.09. The van der Waals surface area contributed by atoms with Crippen molar-refractivity contribution < 1.29 is 25.2 Å². The van der Waals surface area contributed by atoms with Crippen LogP contribution in [0.15, 0.2) is 0 Å². The van der Waals surface area contributed by atoms with Crippen LogP contribution >= 0.6 is 0 Å². The first-order valence-corrected chi connectivity index (χ1v) is 11.5. The molecule has 22 heavy (non-hydrogen) atoms. The molecule has 0 amide bonds. The third-order valence-electron chi connectivity index (χ3n) is 7.38. The summed E-state index contributed by atoms with van der Waals surface area (Å²) in [4.78, 5) is 0. The van der Waals surface area contributed by atoms with Gasteiger partial charge < -0.3 is 0 Å². The molecule has 124 valence electrons. The highest BCUT2D eigenvalue weighted by Gasteiger charge is 2.90. The summed E-state index contributed by atoms with van der Waals surface area (Å²) in [6, 6.07) is 0. The molecule has 6 nitrogen and oxygen atoms in total. The van der Waals surface area contributed by atoms with Crippen LogP contribution in [0.25, 0.3) is 0 Å². The fraction of sp³-hybridized carbons (Fsp3) is 1.00. The van der Waals surface area contributed by atoms with Gasteiger partial charge in [0.05, 0.1) is 25.7 Å². The van der Waals surface area contributed by atoms with E-state index in [2.05, 4.69) is 0 Å². The number of fused-ring (bicyclic) bond motifs is 1. The van der Waals surface area contributed by atoms with E-state index in [1.54, 1.807) is 0 Å². The summed E-state index contributed by atoms with van der Waals surface area (Å²) in [6.45, 7) is 0.364.